The van der Waals surface area contributed by atoms with Crippen molar-refractivity contribution in [1.82, 2.24) is 15.1 Å². The monoisotopic (exact) mass is 317 g/mol. The minimum absolute atomic E-state index is 0.214. The van der Waals surface area contributed by atoms with Crippen LogP contribution in [-0.4, -0.2) is 28.9 Å². The highest BCUT2D eigenvalue weighted by Gasteiger charge is 2.37. The predicted molar refractivity (Wildman–Crippen MR) is 83.5 cm³/mol. The number of hydrogen-bond acceptors (Lipinski definition) is 3. The van der Waals surface area contributed by atoms with E-state index >= 15 is 0 Å². The van der Waals surface area contributed by atoms with E-state index in [1.807, 2.05) is 13.1 Å². The van der Waals surface area contributed by atoms with Crippen LogP contribution in [0.4, 0.5) is 4.39 Å². The maximum atomic E-state index is 13.2. The Morgan fingerprint density at radius 1 is 1.30 bits per heavy atom. The second-order valence-electron chi connectivity index (χ2n) is 5.99. The fourth-order valence-corrected chi connectivity index (χ4v) is 3.08. The largest absolute Gasteiger partial charge is 0.381 e. The van der Waals surface area contributed by atoms with Crippen molar-refractivity contribution >= 4 is 5.91 Å². The van der Waals surface area contributed by atoms with Crippen LogP contribution in [-0.2, 0) is 17.3 Å². The lowest BCUT2D eigenvalue weighted by Gasteiger charge is -2.38. The van der Waals surface area contributed by atoms with E-state index in [9.17, 15) is 9.18 Å². The number of carbonyl (C=O) groups excluding carboxylic acids is 1. The average molecular weight is 317 g/mol. The molecule has 2 aromatic rings. The van der Waals surface area contributed by atoms with Gasteiger partial charge in [-0.2, -0.15) is 5.10 Å². The first kappa shape index (κ1) is 15.7. The Morgan fingerprint density at radius 3 is 2.52 bits per heavy atom. The summed E-state index contributed by atoms with van der Waals surface area (Å²) in [6.07, 6.45) is 3.11. The molecule has 1 N–H and O–H groups in total. The van der Waals surface area contributed by atoms with Gasteiger partial charge in [0, 0.05) is 32.0 Å². The van der Waals surface area contributed by atoms with E-state index in [1.165, 1.54) is 12.1 Å². The molecule has 0 unspecified atom stereocenters. The molecule has 2 heterocycles. The Bertz CT molecular complexity index is 703. The number of nitrogens with one attached hydrogen (secondary N) is 1. The molecule has 0 aliphatic carbocycles. The number of aromatic nitrogens is 2. The quantitative estimate of drug-likeness (QED) is 0.945. The number of amides is 1. The number of carbonyl (C=O) groups is 1. The van der Waals surface area contributed by atoms with Gasteiger partial charge in [0.1, 0.15) is 5.82 Å². The average Bonchev–Trinajstić information content (AvgIpc) is 2.87. The lowest BCUT2D eigenvalue weighted by atomic mass is 9.82. The lowest BCUT2D eigenvalue weighted by Crippen LogP contribution is -2.49. The van der Waals surface area contributed by atoms with Gasteiger partial charge in [-0.3, -0.25) is 9.48 Å². The van der Waals surface area contributed by atoms with Crippen molar-refractivity contribution in [2.75, 3.05) is 13.2 Å². The molecule has 0 atom stereocenters. The highest BCUT2D eigenvalue weighted by molar-refractivity contribution is 5.94. The zero-order chi connectivity index (χ0) is 16.4. The van der Waals surface area contributed by atoms with Gasteiger partial charge in [0.25, 0.3) is 5.91 Å². The summed E-state index contributed by atoms with van der Waals surface area (Å²) in [7, 11) is 1.79. The molecule has 122 valence electrons. The summed E-state index contributed by atoms with van der Waals surface area (Å²) >= 11 is 0. The van der Waals surface area contributed by atoms with Crippen molar-refractivity contribution in [1.29, 1.82) is 0 Å². The first-order chi connectivity index (χ1) is 11.0. The van der Waals surface area contributed by atoms with Crippen LogP contribution in [0.5, 0.6) is 0 Å². The summed E-state index contributed by atoms with van der Waals surface area (Å²) in [6, 6.07) is 6.30. The first-order valence-corrected chi connectivity index (χ1v) is 7.67. The lowest BCUT2D eigenvalue weighted by molar-refractivity contribution is 0.0343. The van der Waals surface area contributed by atoms with E-state index < -0.39 is 5.54 Å². The smallest absolute Gasteiger partial charge is 0.272 e. The van der Waals surface area contributed by atoms with Gasteiger partial charge in [0.2, 0.25) is 0 Å². The second-order valence-corrected chi connectivity index (χ2v) is 5.99. The molecule has 1 amide bonds. The van der Waals surface area contributed by atoms with Crippen LogP contribution < -0.4 is 5.32 Å². The van der Waals surface area contributed by atoms with Gasteiger partial charge in [-0.05, 0) is 37.5 Å². The molecule has 1 aliphatic heterocycles. The minimum atomic E-state index is -0.549. The molecule has 0 saturated carbocycles. The van der Waals surface area contributed by atoms with Crippen LogP contribution in [0.25, 0.3) is 0 Å². The van der Waals surface area contributed by atoms with Gasteiger partial charge < -0.3 is 10.1 Å². The summed E-state index contributed by atoms with van der Waals surface area (Å²) in [5.41, 5.74) is 1.59. The fourth-order valence-electron chi connectivity index (χ4n) is 3.08. The van der Waals surface area contributed by atoms with Crippen molar-refractivity contribution < 1.29 is 13.9 Å². The number of rotatable bonds is 3. The van der Waals surface area contributed by atoms with Crippen LogP contribution in [0, 0.1) is 12.7 Å². The van der Waals surface area contributed by atoms with Crippen LogP contribution >= 0.6 is 0 Å². The van der Waals surface area contributed by atoms with Gasteiger partial charge in [0.05, 0.1) is 5.54 Å². The van der Waals surface area contributed by atoms with E-state index in [1.54, 1.807) is 23.9 Å². The van der Waals surface area contributed by atoms with Gasteiger partial charge in [-0.25, -0.2) is 4.39 Å². The standard InChI is InChI=1S/C17H20FN3O2/c1-12-11-21(2)20-15(12)16(22)19-17(7-9-23-10-8-17)13-3-5-14(18)6-4-13/h3-6,11H,7-10H2,1-2H3,(H,19,22). The van der Waals surface area contributed by atoms with Gasteiger partial charge in [0.15, 0.2) is 5.69 Å². The third kappa shape index (κ3) is 3.12. The molecule has 1 fully saturated rings. The van der Waals surface area contributed by atoms with E-state index in [0.717, 1.165) is 11.1 Å². The van der Waals surface area contributed by atoms with E-state index in [0.29, 0.717) is 31.7 Å². The molecule has 1 aromatic carbocycles. The molecule has 0 spiro atoms. The Labute approximate surface area is 134 Å². The molecule has 1 saturated heterocycles. The Balaban J connectivity index is 1.91. The molecule has 23 heavy (non-hydrogen) atoms. The maximum absolute atomic E-state index is 13.2. The molecule has 6 heteroatoms. The number of aryl methyl sites for hydroxylation is 2. The van der Waals surface area contributed by atoms with Crippen LogP contribution in [0.15, 0.2) is 30.5 Å². The number of halogens is 1. The SMILES string of the molecule is Cc1cn(C)nc1C(=O)NC1(c2ccc(F)cc2)CCOCC1. The Hall–Kier alpha value is -2.21. The molecule has 1 aromatic heterocycles. The van der Waals surface area contributed by atoms with Gasteiger partial charge >= 0.3 is 0 Å². The third-order valence-corrected chi connectivity index (χ3v) is 4.32. The molecule has 3 rings (SSSR count). The maximum Gasteiger partial charge on any atom is 0.272 e. The topological polar surface area (TPSA) is 56.2 Å². The molecular weight excluding hydrogens is 297 g/mol. The van der Waals surface area contributed by atoms with Crippen molar-refractivity contribution in [3.05, 3.63) is 53.1 Å². The summed E-state index contributed by atoms with van der Waals surface area (Å²) in [4.78, 5) is 12.7. The predicted octanol–water partition coefficient (Wildman–Crippen LogP) is 2.30. The number of ether oxygens (including phenoxy) is 1. The Morgan fingerprint density at radius 2 is 1.96 bits per heavy atom. The normalized spacial score (nSPS) is 17.0. The summed E-state index contributed by atoms with van der Waals surface area (Å²) in [6.45, 7) is 2.97. The fraction of sp³-hybridized carbons (Fsp3) is 0.412. The highest BCUT2D eigenvalue weighted by atomic mass is 19.1. The third-order valence-electron chi connectivity index (χ3n) is 4.32. The molecule has 1 aliphatic rings. The molecule has 5 nitrogen and oxygen atoms in total. The van der Waals surface area contributed by atoms with Crippen LogP contribution in [0.2, 0.25) is 0 Å². The summed E-state index contributed by atoms with van der Waals surface area (Å²) < 4.78 is 20.3. The highest BCUT2D eigenvalue weighted by Crippen LogP contribution is 2.32. The summed E-state index contributed by atoms with van der Waals surface area (Å²) in [5, 5.41) is 7.35. The van der Waals surface area contributed by atoms with Crippen molar-refractivity contribution in [3.8, 4) is 0 Å². The van der Waals surface area contributed by atoms with Crippen molar-refractivity contribution in [2.45, 2.75) is 25.3 Å². The first-order valence-electron chi connectivity index (χ1n) is 7.67. The van der Waals surface area contributed by atoms with Gasteiger partial charge in [-0.1, -0.05) is 12.1 Å². The number of nitrogens with zero attached hydrogens (tertiary/aromatic N) is 2. The minimum Gasteiger partial charge on any atom is -0.381 e. The van der Waals surface area contributed by atoms with Crippen LogP contribution in [0.1, 0.15) is 34.5 Å². The zero-order valence-corrected chi connectivity index (χ0v) is 13.3. The zero-order valence-electron chi connectivity index (χ0n) is 13.3. The van der Waals surface area contributed by atoms with E-state index in [2.05, 4.69) is 10.4 Å². The Kier molecular flexibility index (Phi) is 4.17. The second kappa shape index (κ2) is 6.12. The van der Waals surface area contributed by atoms with Crippen molar-refractivity contribution in [3.63, 3.8) is 0 Å². The van der Waals surface area contributed by atoms with Gasteiger partial charge in [-0.15, -0.1) is 0 Å². The van der Waals surface area contributed by atoms with E-state index in [-0.39, 0.29) is 11.7 Å². The number of hydrogen-bond donors (Lipinski definition) is 1. The van der Waals surface area contributed by atoms with Crippen LogP contribution in [0.3, 0.4) is 0 Å². The molecular formula is C17H20FN3O2. The van der Waals surface area contributed by atoms with E-state index in [4.69, 9.17) is 4.74 Å². The molecule has 0 radical (unpaired) electrons. The molecule has 0 bridgehead atoms. The van der Waals surface area contributed by atoms with Crippen molar-refractivity contribution in [2.24, 2.45) is 7.05 Å². The summed E-state index contributed by atoms with van der Waals surface area (Å²) in [5.74, 6) is -0.503. The number of benzene rings is 1.